The van der Waals surface area contributed by atoms with E-state index in [1.807, 2.05) is 13.8 Å². The van der Waals surface area contributed by atoms with E-state index in [9.17, 15) is 22.8 Å². The summed E-state index contributed by atoms with van der Waals surface area (Å²) < 4.78 is 29.9. The molecule has 1 N–H and O–H groups in total. The zero-order chi connectivity index (χ0) is 20.6. The lowest BCUT2D eigenvalue weighted by atomic mass is 10.2. The van der Waals surface area contributed by atoms with E-state index in [2.05, 4.69) is 4.72 Å². The highest BCUT2D eigenvalue weighted by Crippen LogP contribution is 2.17. The first-order valence-electron chi connectivity index (χ1n) is 8.34. The van der Waals surface area contributed by atoms with Gasteiger partial charge in [-0.05, 0) is 26.0 Å². The lowest BCUT2D eigenvalue weighted by Gasteiger charge is -2.23. The Hall–Kier alpha value is -2.62. The van der Waals surface area contributed by atoms with Gasteiger partial charge < -0.3 is 14.5 Å². The quantitative estimate of drug-likeness (QED) is 0.607. The van der Waals surface area contributed by atoms with E-state index in [0.29, 0.717) is 13.1 Å². The minimum absolute atomic E-state index is 0.0161. The number of ether oxygens (including phenoxy) is 1. The highest BCUT2D eigenvalue weighted by molar-refractivity contribution is 7.92. The maximum absolute atomic E-state index is 12.2. The van der Waals surface area contributed by atoms with Crippen LogP contribution in [0.1, 0.15) is 24.2 Å². The van der Waals surface area contributed by atoms with Gasteiger partial charge in [-0.3, -0.25) is 14.3 Å². The Labute approximate surface area is 159 Å². The standard InChI is InChI=1S/C17H25N3O6S/c1-5-20(6-2)15(21)11-19(3)16(22)12-26-17(23)13-9-7-8-10-14(13)18-27(4,24)25/h7-10,18H,5-6,11-12H2,1-4H3. The van der Waals surface area contributed by atoms with E-state index in [1.165, 1.54) is 24.1 Å². The van der Waals surface area contributed by atoms with Gasteiger partial charge in [0.1, 0.15) is 0 Å². The van der Waals surface area contributed by atoms with Gasteiger partial charge in [0, 0.05) is 20.1 Å². The van der Waals surface area contributed by atoms with Crippen LogP contribution < -0.4 is 4.72 Å². The Morgan fingerprint density at radius 3 is 2.22 bits per heavy atom. The molecule has 0 aliphatic carbocycles. The van der Waals surface area contributed by atoms with Crippen molar-refractivity contribution in [1.82, 2.24) is 9.80 Å². The summed E-state index contributed by atoms with van der Waals surface area (Å²) >= 11 is 0. The fourth-order valence-corrected chi connectivity index (χ4v) is 2.81. The second kappa shape index (κ2) is 9.91. The molecule has 0 atom stereocenters. The number of carbonyl (C=O) groups is 3. The van der Waals surface area contributed by atoms with E-state index >= 15 is 0 Å². The van der Waals surface area contributed by atoms with Crippen LogP contribution in [0, 0.1) is 0 Å². The van der Waals surface area contributed by atoms with Crippen LogP contribution in [0.15, 0.2) is 24.3 Å². The third kappa shape index (κ3) is 7.26. The second-order valence-corrected chi connectivity index (χ2v) is 7.56. The first-order valence-corrected chi connectivity index (χ1v) is 10.2. The van der Waals surface area contributed by atoms with Crippen molar-refractivity contribution in [3.63, 3.8) is 0 Å². The molecular formula is C17H25N3O6S. The normalized spacial score (nSPS) is 10.8. The largest absolute Gasteiger partial charge is 0.452 e. The maximum Gasteiger partial charge on any atom is 0.340 e. The number of anilines is 1. The highest BCUT2D eigenvalue weighted by atomic mass is 32.2. The van der Waals surface area contributed by atoms with Crippen molar-refractivity contribution in [2.24, 2.45) is 0 Å². The summed E-state index contributed by atoms with van der Waals surface area (Å²) in [5.41, 5.74) is 0.0418. The van der Waals surface area contributed by atoms with Crippen LogP contribution in [0.3, 0.4) is 0 Å². The minimum Gasteiger partial charge on any atom is -0.452 e. The Morgan fingerprint density at radius 1 is 1.07 bits per heavy atom. The Balaban J connectivity index is 2.69. The number of sulfonamides is 1. The molecule has 0 bridgehead atoms. The number of hydrogen-bond donors (Lipinski definition) is 1. The number of carbonyl (C=O) groups excluding carboxylic acids is 3. The molecule has 1 aromatic rings. The van der Waals surface area contributed by atoms with Crippen molar-refractivity contribution < 1.29 is 27.5 Å². The third-order valence-electron chi connectivity index (χ3n) is 3.68. The predicted octanol–water partition coefficient (Wildman–Crippen LogP) is 0.542. The van der Waals surface area contributed by atoms with Crippen molar-refractivity contribution >= 4 is 33.5 Å². The Morgan fingerprint density at radius 2 is 1.67 bits per heavy atom. The molecule has 0 fully saturated rings. The van der Waals surface area contributed by atoms with E-state index in [-0.39, 0.29) is 23.7 Å². The Bertz CT molecular complexity index is 790. The molecule has 0 spiro atoms. The maximum atomic E-state index is 12.2. The van der Waals surface area contributed by atoms with Gasteiger partial charge in [0.15, 0.2) is 6.61 Å². The van der Waals surface area contributed by atoms with Crippen LogP contribution in [0.5, 0.6) is 0 Å². The SMILES string of the molecule is CCN(CC)C(=O)CN(C)C(=O)COC(=O)c1ccccc1NS(C)(=O)=O. The first kappa shape index (κ1) is 22.4. The molecule has 9 nitrogen and oxygen atoms in total. The fraction of sp³-hybridized carbons (Fsp3) is 0.471. The number of nitrogens with zero attached hydrogens (tertiary/aromatic N) is 2. The summed E-state index contributed by atoms with van der Waals surface area (Å²) in [6.07, 6.45) is 0.959. The number of amides is 2. The molecule has 0 unspecified atom stereocenters. The molecule has 10 heteroatoms. The molecule has 1 rings (SSSR count). The van der Waals surface area contributed by atoms with Gasteiger partial charge in [-0.2, -0.15) is 0 Å². The molecule has 27 heavy (non-hydrogen) atoms. The average Bonchev–Trinajstić information content (AvgIpc) is 2.59. The summed E-state index contributed by atoms with van der Waals surface area (Å²) in [6, 6.07) is 5.89. The molecule has 0 heterocycles. The number of benzene rings is 1. The van der Waals surface area contributed by atoms with Crippen LogP contribution in [-0.2, 0) is 24.3 Å². The summed E-state index contributed by atoms with van der Waals surface area (Å²) in [5.74, 6) is -1.60. The zero-order valence-electron chi connectivity index (χ0n) is 15.9. The smallest absolute Gasteiger partial charge is 0.340 e. The summed E-state index contributed by atoms with van der Waals surface area (Å²) in [6.45, 7) is 4.07. The van der Waals surface area contributed by atoms with Crippen molar-refractivity contribution in [3.05, 3.63) is 29.8 Å². The fourth-order valence-electron chi connectivity index (χ4n) is 2.23. The van der Waals surface area contributed by atoms with Gasteiger partial charge in [0.2, 0.25) is 15.9 Å². The molecule has 0 radical (unpaired) electrons. The molecule has 0 saturated heterocycles. The number of hydrogen-bond acceptors (Lipinski definition) is 6. The topological polar surface area (TPSA) is 113 Å². The van der Waals surface area contributed by atoms with E-state index in [4.69, 9.17) is 4.74 Å². The summed E-state index contributed by atoms with van der Waals surface area (Å²) in [7, 11) is -2.14. The predicted molar refractivity (Wildman–Crippen MR) is 101 cm³/mol. The number of nitrogens with one attached hydrogen (secondary N) is 1. The van der Waals surface area contributed by atoms with Crippen LogP contribution in [-0.4, -0.2) is 75.5 Å². The molecular weight excluding hydrogens is 374 g/mol. The molecule has 0 aliphatic rings. The number of esters is 1. The average molecular weight is 399 g/mol. The van der Waals surface area contributed by atoms with Crippen LogP contribution >= 0.6 is 0 Å². The van der Waals surface area contributed by atoms with Gasteiger partial charge in [0.05, 0.1) is 24.1 Å². The molecule has 0 aliphatic heterocycles. The minimum atomic E-state index is -3.58. The monoisotopic (exact) mass is 399 g/mol. The molecule has 150 valence electrons. The van der Waals surface area contributed by atoms with Gasteiger partial charge in [-0.1, -0.05) is 12.1 Å². The van der Waals surface area contributed by atoms with Gasteiger partial charge in [-0.15, -0.1) is 0 Å². The second-order valence-electron chi connectivity index (χ2n) is 5.81. The van der Waals surface area contributed by atoms with E-state index < -0.39 is 28.5 Å². The van der Waals surface area contributed by atoms with E-state index in [1.54, 1.807) is 17.0 Å². The van der Waals surface area contributed by atoms with Crippen molar-refractivity contribution in [2.45, 2.75) is 13.8 Å². The lowest BCUT2D eigenvalue weighted by Crippen LogP contribution is -2.42. The van der Waals surface area contributed by atoms with E-state index in [0.717, 1.165) is 6.26 Å². The molecule has 1 aromatic carbocycles. The van der Waals surface area contributed by atoms with Crippen molar-refractivity contribution in [3.8, 4) is 0 Å². The third-order valence-corrected chi connectivity index (χ3v) is 4.27. The Kier molecular flexibility index (Phi) is 8.23. The summed E-state index contributed by atoms with van der Waals surface area (Å²) in [4.78, 5) is 39.1. The van der Waals surface area contributed by atoms with Crippen LogP contribution in [0.25, 0.3) is 0 Å². The van der Waals surface area contributed by atoms with Crippen molar-refractivity contribution in [1.29, 1.82) is 0 Å². The number of rotatable bonds is 9. The lowest BCUT2D eigenvalue weighted by molar-refractivity contribution is -0.140. The van der Waals surface area contributed by atoms with Crippen LogP contribution in [0.4, 0.5) is 5.69 Å². The van der Waals surface area contributed by atoms with Crippen molar-refractivity contribution in [2.75, 3.05) is 44.3 Å². The molecule has 2 amide bonds. The van der Waals surface area contributed by atoms with Gasteiger partial charge in [0.25, 0.3) is 5.91 Å². The van der Waals surface area contributed by atoms with Gasteiger partial charge >= 0.3 is 5.97 Å². The zero-order valence-corrected chi connectivity index (χ0v) is 16.7. The van der Waals surface area contributed by atoms with Gasteiger partial charge in [-0.25, -0.2) is 13.2 Å². The first-order chi connectivity index (χ1) is 12.6. The molecule has 0 aromatic heterocycles. The number of para-hydroxylation sites is 1. The summed E-state index contributed by atoms with van der Waals surface area (Å²) in [5, 5.41) is 0. The molecule has 0 saturated carbocycles. The van der Waals surface area contributed by atoms with Crippen LogP contribution in [0.2, 0.25) is 0 Å². The highest BCUT2D eigenvalue weighted by Gasteiger charge is 2.20. The number of likely N-dealkylation sites (N-methyl/N-ethyl adjacent to an activating group) is 2.